The van der Waals surface area contributed by atoms with Crippen LogP contribution in [0.15, 0.2) is 41.1 Å². The third-order valence-corrected chi connectivity index (χ3v) is 4.29. The highest BCUT2D eigenvalue weighted by molar-refractivity contribution is 6.04. The van der Waals surface area contributed by atoms with Gasteiger partial charge in [0.1, 0.15) is 0 Å². The van der Waals surface area contributed by atoms with Gasteiger partial charge in [0, 0.05) is 23.8 Å². The number of hydrogen-bond donors (Lipinski definition) is 3. The lowest BCUT2D eigenvalue weighted by molar-refractivity contribution is 0.468. The molecule has 3 rings (SSSR count). The molecule has 1 fully saturated rings. The van der Waals surface area contributed by atoms with E-state index in [1.165, 1.54) is 5.57 Å². The maximum atomic E-state index is 6.10. The van der Waals surface area contributed by atoms with Gasteiger partial charge in [-0.15, -0.1) is 0 Å². The maximum absolute atomic E-state index is 6.10. The number of anilines is 1. The van der Waals surface area contributed by atoms with Gasteiger partial charge in [0.25, 0.3) is 0 Å². The molecule has 5 N–H and O–H groups in total. The van der Waals surface area contributed by atoms with Crippen LogP contribution in [-0.2, 0) is 0 Å². The molecule has 1 heterocycles. The van der Waals surface area contributed by atoms with Crippen LogP contribution >= 0.6 is 0 Å². The largest absolute Gasteiger partial charge is 0.399 e. The molecule has 0 spiro atoms. The number of hydrazone groups is 1. The first-order valence-electron chi connectivity index (χ1n) is 7.37. The van der Waals surface area contributed by atoms with Gasteiger partial charge in [-0.1, -0.05) is 18.6 Å². The van der Waals surface area contributed by atoms with Crippen LogP contribution in [0.2, 0.25) is 0 Å². The summed E-state index contributed by atoms with van der Waals surface area (Å²) in [6, 6.07) is 8.34. The Balaban J connectivity index is 1.85. The van der Waals surface area contributed by atoms with Crippen molar-refractivity contribution in [1.82, 2.24) is 5.43 Å². The van der Waals surface area contributed by atoms with Crippen LogP contribution in [0.1, 0.15) is 37.7 Å². The Labute approximate surface area is 119 Å². The Bertz CT molecular complexity index is 530. The van der Waals surface area contributed by atoms with Crippen LogP contribution in [-0.4, -0.2) is 11.8 Å². The predicted molar refractivity (Wildman–Crippen MR) is 83.2 cm³/mol. The molecule has 0 radical (unpaired) electrons. The van der Waals surface area contributed by atoms with Crippen molar-refractivity contribution >= 4 is 11.4 Å². The molecule has 1 aliphatic heterocycles. The Morgan fingerprint density at radius 1 is 1.10 bits per heavy atom. The van der Waals surface area contributed by atoms with Gasteiger partial charge in [-0.05, 0) is 49.0 Å². The summed E-state index contributed by atoms with van der Waals surface area (Å²) in [7, 11) is 0. The molecule has 1 aromatic carbocycles. The first-order valence-corrected chi connectivity index (χ1v) is 7.37. The molecule has 4 heteroatoms. The van der Waals surface area contributed by atoms with Crippen molar-refractivity contribution in [2.75, 3.05) is 5.73 Å². The molecular weight excluding hydrogens is 248 g/mol. The fourth-order valence-electron chi connectivity index (χ4n) is 3.11. The van der Waals surface area contributed by atoms with Crippen LogP contribution in [0.5, 0.6) is 0 Å². The van der Waals surface area contributed by atoms with Gasteiger partial charge in [0.05, 0.1) is 5.71 Å². The Hall–Kier alpha value is -1.81. The summed E-state index contributed by atoms with van der Waals surface area (Å²) in [5.41, 5.74) is 19.4. The topological polar surface area (TPSA) is 76.4 Å². The lowest BCUT2D eigenvalue weighted by Gasteiger charge is -2.29. The fourth-order valence-corrected chi connectivity index (χ4v) is 3.11. The third kappa shape index (κ3) is 2.70. The van der Waals surface area contributed by atoms with Gasteiger partial charge in [0.15, 0.2) is 0 Å². The first-order chi connectivity index (χ1) is 9.74. The van der Waals surface area contributed by atoms with Crippen molar-refractivity contribution in [2.45, 2.75) is 38.1 Å². The highest BCUT2D eigenvalue weighted by Crippen LogP contribution is 2.31. The van der Waals surface area contributed by atoms with Gasteiger partial charge >= 0.3 is 0 Å². The number of allylic oxidation sites excluding steroid dienone is 1. The summed E-state index contributed by atoms with van der Waals surface area (Å²) in [6.45, 7) is 0. The SMILES string of the molecule is Nc1ccc(C2=NNC=C3CCC(N)CCCC32)cc1. The second-order valence-corrected chi connectivity index (χ2v) is 5.75. The number of hydrogen-bond acceptors (Lipinski definition) is 4. The second-order valence-electron chi connectivity index (χ2n) is 5.75. The van der Waals surface area contributed by atoms with E-state index >= 15 is 0 Å². The molecule has 0 bridgehead atoms. The van der Waals surface area contributed by atoms with E-state index in [-0.39, 0.29) is 0 Å². The van der Waals surface area contributed by atoms with Crippen molar-refractivity contribution in [3.63, 3.8) is 0 Å². The standard InChI is InChI=1S/C16H22N4/c17-13-2-1-3-15-12(6-9-13)10-19-20-16(15)11-4-7-14(18)8-5-11/h4-5,7-8,10,13,15,19H,1-3,6,9,17-18H2. The van der Waals surface area contributed by atoms with E-state index in [2.05, 4.69) is 28.9 Å². The smallest absolute Gasteiger partial charge is 0.0751 e. The number of fused-ring (bicyclic) bond motifs is 1. The van der Waals surface area contributed by atoms with E-state index in [0.717, 1.165) is 49.1 Å². The zero-order valence-corrected chi connectivity index (χ0v) is 11.7. The summed E-state index contributed by atoms with van der Waals surface area (Å²) < 4.78 is 0. The molecule has 0 aromatic heterocycles. The van der Waals surface area contributed by atoms with Crippen LogP contribution in [0.25, 0.3) is 0 Å². The summed E-state index contributed by atoms with van der Waals surface area (Å²) in [5.74, 6) is 0.423. The molecular formula is C16H22N4. The van der Waals surface area contributed by atoms with Crippen LogP contribution in [0.3, 0.4) is 0 Å². The van der Waals surface area contributed by atoms with Crippen molar-refractivity contribution in [1.29, 1.82) is 0 Å². The van der Waals surface area contributed by atoms with E-state index in [1.54, 1.807) is 0 Å². The first kappa shape index (κ1) is 13.2. The second kappa shape index (κ2) is 5.67. The van der Waals surface area contributed by atoms with Crippen LogP contribution < -0.4 is 16.9 Å². The molecule has 2 atom stereocenters. The van der Waals surface area contributed by atoms with E-state index < -0.39 is 0 Å². The lowest BCUT2D eigenvalue weighted by Crippen LogP contribution is -2.30. The molecule has 1 aliphatic carbocycles. The minimum absolute atomic E-state index is 0.343. The van der Waals surface area contributed by atoms with Crippen molar-refractivity contribution < 1.29 is 0 Å². The van der Waals surface area contributed by atoms with Gasteiger partial charge in [0.2, 0.25) is 0 Å². The lowest BCUT2D eigenvalue weighted by atomic mass is 9.80. The van der Waals surface area contributed by atoms with Crippen molar-refractivity contribution in [2.24, 2.45) is 16.8 Å². The molecule has 1 saturated carbocycles. The summed E-state index contributed by atoms with van der Waals surface area (Å²) in [5, 5.41) is 4.52. The van der Waals surface area contributed by atoms with Crippen LogP contribution in [0, 0.1) is 5.92 Å². The highest BCUT2D eigenvalue weighted by Gasteiger charge is 2.26. The Morgan fingerprint density at radius 3 is 2.70 bits per heavy atom. The Kier molecular flexibility index (Phi) is 3.74. The molecule has 20 heavy (non-hydrogen) atoms. The molecule has 4 nitrogen and oxygen atoms in total. The highest BCUT2D eigenvalue weighted by atomic mass is 15.3. The van der Waals surface area contributed by atoms with E-state index in [0.29, 0.717) is 12.0 Å². The number of nitrogens with two attached hydrogens (primary N) is 2. The molecule has 2 unspecified atom stereocenters. The number of nitrogens with zero attached hydrogens (tertiary/aromatic N) is 1. The van der Waals surface area contributed by atoms with Gasteiger partial charge in [-0.3, -0.25) is 5.43 Å². The minimum atomic E-state index is 0.343. The minimum Gasteiger partial charge on any atom is -0.399 e. The van der Waals surface area contributed by atoms with Gasteiger partial charge in [-0.2, -0.15) is 5.10 Å². The number of nitrogen functional groups attached to an aromatic ring is 1. The van der Waals surface area contributed by atoms with Crippen LogP contribution in [0.4, 0.5) is 5.69 Å². The fraction of sp³-hybridized carbons (Fsp3) is 0.438. The zero-order valence-electron chi connectivity index (χ0n) is 11.7. The predicted octanol–water partition coefficient (Wildman–Crippen LogP) is 2.37. The molecule has 0 amide bonds. The quantitative estimate of drug-likeness (QED) is 0.686. The van der Waals surface area contributed by atoms with E-state index in [1.807, 2.05) is 12.1 Å². The third-order valence-electron chi connectivity index (χ3n) is 4.29. The maximum Gasteiger partial charge on any atom is 0.0751 e. The normalized spacial score (nSPS) is 26.4. The van der Waals surface area contributed by atoms with Gasteiger partial charge < -0.3 is 11.5 Å². The average molecular weight is 270 g/mol. The number of rotatable bonds is 1. The number of nitrogens with one attached hydrogen (secondary N) is 1. The average Bonchev–Trinajstić information content (AvgIpc) is 2.44. The Morgan fingerprint density at radius 2 is 1.90 bits per heavy atom. The van der Waals surface area contributed by atoms with E-state index in [9.17, 15) is 0 Å². The number of benzene rings is 1. The molecule has 0 saturated heterocycles. The monoisotopic (exact) mass is 270 g/mol. The molecule has 1 aromatic rings. The molecule has 106 valence electrons. The van der Waals surface area contributed by atoms with Crippen molar-refractivity contribution in [3.8, 4) is 0 Å². The van der Waals surface area contributed by atoms with Gasteiger partial charge in [-0.25, -0.2) is 0 Å². The zero-order chi connectivity index (χ0) is 13.9. The summed E-state index contributed by atoms with van der Waals surface area (Å²) in [4.78, 5) is 0. The summed E-state index contributed by atoms with van der Waals surface area (Å²) in [6.07, 6.45) is 7.60. The van der Waals surface area contributed by atoms with Crippen molar-refractivity contribution in [3.05, 3.63) is 41.6 Å². The van der Waals surface area contributed by atoms with E-state index in [4.69, 9.17) is 11.5 Å². The summed E-state index contributed by atoms with van der Waals surface area (Å²) >= 11 is 0. The molecule has 2 aliphatic rings.